The van der Waals surface area contributed by atoms with E-state index in [0.29, 0.717) is 36.0 Å². The maximum atomic E-state index is 13.6. The van der Waals surface area contributed by atoms with E-state index in [1.54, 1.807) is 23.0 Å². The van der Waals surface area contributed by atoms with Crippen LogP contribution in [-0.2, 0) is 11.3 Å². The predicted molar refractivity (Wildman–Crippen MR) is 112 cm³/mol. The third-order valence-electron chi connectivity index (χ3n) is 5.14. The smallest absolute Gasteiger partial charge is 0.243 e. The molecule has 1 aromatic heterocycles. The summed E-state index contributed by atoms with van der Waals surface area (Å²) in [6.07, 6.45) is 4.38. The second kappa shape index (κ2) is 8.48. The van der Waals surface area contributed by atoms with Crippen LogP contribution in [0, 0.1) is 23.0 Å². The minimum absolute atomic E-state index is 0.161. The minimum Gasteiger partial charge on any atom is -0.273 e. The summed E-state index contributed by atoms with van der Waals surface area (Å²) in [6, 6.07) is 10.2. The third kappa shape index (κ3) is 4.36. The summed E-state index contributed by atoms with van der Waals surface area (Å²) in [7, 11) is 0. The molecule has 0 fully saturated rings. The molecule has 1 aliphatic rings. The number of aromatic nitrogens is 2. The average Bonchev–Trinajstić information content (AvgIpc) is 3.37. The number of nitrogens with zero attached hydrogens (tertiary/aromatic N) is 5. The lowest BCUT2D eigenvalue weighted by Crippen LogP contribution is -2.27. The van der Waals surface area contributed by atoms with Crippen LogP contribution in [-0.4, -0.2) is 26.9 Å². The number of benzene rings is 2. The zero-order valence-electron chi connectivity index (χ0n) is 16.6. The van der Waals surface area contributed by atoms with Gasteiger partial charge in [0.05, 0.1) is 18.2 Å². The van der Waals surface area contributed by atoms with Gasteiger partial charge in [0.1, 0.15) is 23.2 Å². The Morgan fingerprint density at radius 2 is 2.00 bits per heavy atom. The van der Waals surface area contributed by atoms with E-state index >= 15 is 0 Å². The van der Waals surface area contributed by atoms with Crippen molar-refractivity contribution in [3.8, 4) is 6.07 Å². The number of fused-ring (bicyclic) bond motifs is 1. The number of amides is 1. The summed E-state index contributed by atoms with van der Waals surface area (Å²) in [6.45, 7) is 4.44. The second-order valence-electron chi connectivity index (χ2n) is 7.42. The first-order chi connectivity index (χ1) is 14.9. The highest BCUT2D eigenvalue weighted by molar-refractivity contribution is 5.83. The van der Waals surface area contributed by atoms with Gasteiger partial charge in [0.2, 0.25) is 5.91 Å². The molecule has 1 unspecified atom stereocenters. The summed E-state index contributed by atoms with van der Waals surface area (Å²) in [4.78, 5) is 12.7. The van der Waals surface area contributed by atoms with Crippen molar-refractivity contribution in [1.29, 1.82) is 5.26 Å². The number of carbonyl (C=O) groups excluding carboxylic acids is 1. The molecule has 0 spiro atoms. The van der Waals surface area contributed by atoms with E-state index in [9.17, 15) is 18.8 Å². The molecule has 1 aliphatic heterocycles. The third-order valence-corrected chi connectivity index (χ3v) is 5.14. The number of carbonyl (C=O) groups is 1. The van der Waals surface area contributed by atoms with E-state index in [-0.39, 0.29) is 12.3 Å². The number of hydrogen-bond acceptors (Lipinski definition) is 4. The van der Waals surface area contributed by atoms with Gasteiger partial charge in [-0.3, -0.25) is 9.48 Å². The highest BCUT2D eigenvalue weighted by atomic mass is 19.1. The molecule has 1 atom stereocenters. The summed E-state index contributed by atoms with van der Waals surface area (Å²) >= 11 is 0. The van der Waals surface area contributed by atoms with Crippen LogP contribution in [0.2, 0.25) is 0 Å². The van der Waals surface area contributed by atoms with Crippen LogP contribution in [0.3, 0.4) is 0 Å². The lowest BCUT2D eigenvalue weighted by atomic mass is 10.0. The average molecular weight is 419 g/mol. The van der Waals surface area contributed by atoms with E-state index in [4.69, 9.17) is 0 Å². The predicted octanol–water partition coefficient (Wildman–Crippen LogP) is 4.48. The van der Waals surface area contributed by atoms with Gasteiger partial charge in [-0.15, -0.1) is 0 Å². The molecule has 2 aromatic carbocycles. The maximum Gasteiger partial charge on any atom is 0.243 e. The first-order valence-electron chi connectivity index (χ1n) is 9.78. The molecule has 0 radical (unpaired) electrons. The number of halogens is 2. The van der Waals surface area contributed by atoms with Crippen LogP contribution in [0.4, 0.5) is 8.78 Å². The Labute approximate surface area is 177 Å². The summed E-state index contributed by atoms with van der Waals surface area (Å²) in [5.74, 6) is -1.62. The van der Waals surface area contributed by atoms with E-state index in [1.165, 1.54) is 17.1 Å². The summed E-state index contributed by atoms with van der Waals surface area (Å²) in [5.41, 5.74) is 2.30. The van der Waals surface area contributed by atoms with Crippen molar-refractivity contribution in [2.45, 2.75) is 31.8 Å². The summed E-state index contributed by atoms with van der Waals surface area (Å²) < 4.78 is 28.8. The molecule has 4 rings (SSSR count). The molecule has 0 bridgehead atoms. The molecule has 1 amide bonds. The molecule has 6 nitrogen and oxygen atoms in total. The highest BCUT2D eigenvalue weighted by Gasteiger charge is 2.28. The Hall–Kier alpha value is -3.86. The number of nitriles is 1. The Morgan fingerprint density at radius 1 is 1.23 bits per heavy atom. The van der Waals surface area contributed by atoms with Gasteiger partial charge < -0.3 is 0 Å². The van der Waals surface area contributed by atoms with E-state index in [1.807, 2.05) is 12.3 Å². The number of hydrogen-bond donors (Lipinski definition) is 0. The highest BCUT2D eigenvalue weighted by Crippen LogP contribution is 2.30. The second-order valence-corrected chi connectivity index (χ2v) is 7.42. The van der Waals surface area contributed by atoms with Gasteiger partial charge in [-0.2, -0.15) is 15.5 Å². The Morgan fingerprint density at radius 3 is 2.74 bits per heavy atom. The lowest BCUT2D eigenvalue weighted by molar-refractivity contribution is -0.133. The minimum atomic E-state index is -0.686. The number of hydrazone groups is 1. The maximum absolute atomic E-state index is 13.6. The Balaban J connectivity index is 1.38. The van der Waals surface area contributed by atoms with Crippen molar-refractivity contribution in [2.24, 2.45) is 5.10 Å². The standard InChI is InChI=1S/C23H19F2N5O/c1-15(13-29-14-17-4-2-3-16(12-26)23(17)28-29)5-6-22(31)30-21(7-8-27-30)18-9-19(24)11-20(25)10-18/h2-4,8-11,14,21H,1,5-7,13H2. The van der Waals surface area contributed by atoms with Crippen molar-refractivity contribution in [3.05, 3.63) is 77.5 Å². The first kappa shape index (κ1) is 20.4. The van der Waals surface area contributed by atoms with Crippen LogP contribution in [0.5, 0.6) is 0 Å². The molecule has 8 heteroatoms. The van der Waals surface area contributed by atoms with Gasteiger partial charge in [0.15, 0.2) is 0 Å². The molecule has 0 N–H and O–H groups in total. The van der Waals surface area contributed by atoms with Crippen molar-refractivity contribution in [3.63, 3.8) is 0 Å². The van der Waals surface area contributed by atoms with Gasteiger partial charge in [-0.05, 0) is 30.2 Å². The van der Waals surface area contributed by atoms with E-state index < -0.39 is 17.7 Å². The molecule has 31 heavy (non-hydrogen) atoms. The van der Waals surface area contributed by atoms with Gasteiger partial charge in [-0.1, -0.05) is 24.3 Å². The van der Waals surface area contributed by atoms with Crippen LogP contribution in [0.25, 0.3) is 10.9 Å². The quantitative estimate of drug-likeness (QED) is 0.553. The normalized spacial score (nSPS) is 15.4. The van der Waals surface area contributed by atoms with Crippen molar-refractivity contribution in [2.75, 3.05) is 0 Å². The molecular formula is C23H19F2N5O. The van der Waals surface area contributed by atoms with Crippen LogP contribution < -0.4 is 0 Å². The van der Waals surface area contributed by atoms with Crippen molar-refractivity contribution in [1.82, 2.24) is 14.8 Å². The van der Waals surface area contributed by atoms with E-state index in [0.717, 1.165) is 17.0 Å². The fourth-order valence-corrected chi connectivity index (χ4v) is 3.67. The topological polar surface area (TPSA) is 74.3 Å². The van der Waals surface area contributed by atoms with Crippen LogP contribution in [0.15, 0.2) is 59.8 Å². The molecule has 0 saturated carbocycles. The van der Waals surface area contributed by atoms with E-state index in [2.05, 4.69) is 22.8 Å². The first-order valence-corrected chi connectivity index (χ1v) is 9.78. The molecule has 0 aliphatic carbocycles. The molecule has 2 heterocycles. The largest absolute Gasteiger partial charge is 0.273 e. The van der Waals surface area contributed by atoms with Gasteiger partial charge >= 0.3 is 0 Å². The zero-order valence-corrected chi connectivity index (χ0v) is 16.6. The molecule has 3 aromatic rings. The van der Waals surface area contributed by atoms with Crippen molar-refractivity contribution >= 4 is 23.0 Å². The fourth-order valence-electron chi connectivity index (χ4n) is 3.67. The van der Waals surface area contributed by atoms with Crippen LogP contribution in [0.1, 0.15) is 36.4 Å². The molecule has 156 valence electrons. The fraction of sp³-hybridized carbons (Fsp3) is 0.217. The lowest BCUT2D eigenvalue weighted by Gasteiger charge is -2.22. The molecular weight excluding hydrogens is 400 g/mol. The van der Waals surface area contributed by atoms with Gasteiger partial charge in [0.25, 0.3) is 0 Å². The van der Waals surface area contributed by atoms with Crippen molar-refractivity contribution < 1.29 is 13.6 Å². The molecule has 0 saturated heterocycles. The Kier molecular flexibility index (Phi) is 5.58. The Bertz CT molecular complexity index is 1220. The monoisotopic (exact) mass is 419 g/mol. The number of allylic oxidation sites excluding steroid dienone is 1. The van der Waals surface area contributed by atoms with Crippen LogP contribution >= 0.6 is 0 Å². The van der Waals surface area contributed by atoms with Gasteiger partial charge in [-0.25, -0.2) is 13.8 Å². The SMILES string of the molecule is C=C(CCC(=O)N1N=CCC1c1cc(F)cc(F)c1)Cn1cc2cccc(C#N)c2n1. The summed E-state index contributed by atoms with van der Waals surface area (Å²) in [5, 5.41) is 19.9. The van der Waals surface area contributed by atoms with Gasteiger partial charge in [0, 0.05) is 36.7 Å². The zero-order chi connectivity index (χ0) is 22.0. The number of rotatable bonds is 6.